The second-order valence-corrected chi connectivity index (χ2v) is 12.9. The number of hydrogen-bond acceptors (Lipinski definition) is 4. The maximum Gasteiger partial charge on any atom is 0.229 e. The zero-order valence-corrected chi connectivity index (χ0v) is 21.7. The number of carbonyl (C=O) groups excluding carboxylic acids is 3. The first kappa shape index (κ1) is 25.9. The molecule has 32 heavy (non-hydrogen) atoms. The van der Waals surface area contributed by atoms with Crippen molar-refractivity contribution in [2.45, 2.75) is 68.7 Å². The summed E-state index contributed by atoms with van der Waals surface area (Å²) in [4.78, 5) is 40.5. The van der Waals surface area contributed by atoms with Crippen molar-refractivity contribution in [2.24, 2.45) is 5.41 Å². The monoisotopic (exact) mass is 454 g/mol. The molecule has 2 aromatic carbocycles. The highest BCUT2D eigenvalue weighted by Gasteiger charge is 2.44. The lowest BCUT2D eigenvalue weighted by Crippen LogP contribution is -2.23. The van der Waals surface area contributed by atoms with Crippen molar-refractivity contribution in [3.8, 4) is 0 Å². The van der Waals surface area contributed by atoms with Crippen LogP contribution in [0.3, 0.4) is 0 Å². The first-order chi connectivity index (χ1) is 14.6. The molecule has 2 aromatic rings. The second kappa shape index (κ2) is 9.27. The molecule has 0 atom stereocenters. The Morgan fingerprint density at radius 3 is 1.28 bits per heavy atom. The van der Waals surface area contributed by atoms with Crippen molar-refractivity contribution in [2.75, 3.05) is 6.16 Å². The Morgan fingerprint density at radius 1 is 0.688 bits per heavy atom. The minimum Gasteiger partial charge on any atom is -0.306 e. The molecule has 5 heteroatoms. The van der Waals surface area contributed by atoms with E-state index in [-0.39, 0.29) is 17.6 Å². The van der Waals surface area contributed by atoms with Gasteiger partial charge in [-0.15, -0.1) is 0 Å². The average Bonchev–Trinajstić information content (AvgIpc) is 2.57. The summed E-state index contributed by atoms with van der Waals surface area (Å²) in [5, 5.41) is 0. The van der Waals surface area contributed by atoms with Gasteiger partial charge < -0.3 is 4.57 Å². The van der Waals surface area contributed by atoms with E-state index in [4.69, 9.17) is 0 Å². The van der Waals surface area contributed by atoms with Crippen molar-refractivity contribution in [1.29, 1.82) is 0 Å². The van der Waals surface area contributed by atoms with Crippen LogP contribution < -0.4 is 0 Å². The molecule has 0 aliphatic heterocycles. The van der Waals surface area contributed by atoms with E-state index in [1.165, 1.54) is 0 Å². The summed E-state index contributed by atoms with van der Waals surface area (Å²) in [6.45, 7) is 16.7. The zero-order valence-electron chi connectivity index (χ0n) is 20.8. The molecule has 0 heterocycles. The largest absolute Gasteiger partial charge is 0.306 e. The van der Waals surface area contributed by atoms with Crippen LogP contribution in [0.15, 0.2) is 24.3 Å². The average molecular weight is 455 g/mol. The van der Waals surface area contributed by atoms with Crippen LogP contribution in [-0.2, 0) is 9.36 Å². The van der Waals surface area contributed by atoms with Gasteiger partial charge in [0.15, 0.2) is 0 Å². The molecule has 0 saturated carbocycles. The fourth-order valence-electron chi connectivity index (χ4n) is 4.53. The van der Waals surface area contributed by atoms with Gasteiger partial charge in [-0.1, -0.05) is 56.2 Å². The van der Waals surface area contributed by atoms with E-state index in [9.17, 15) is 18.9 Å². The molecule has 0 N–H and O–H groups in total. The summed E-state index contributed by atoms with van der Waals surface area (Å²) >= 11 is 0. The number of benzene rings is 2. The van der Waals surface area contributed by atoms with Gasteiger partial charge in [0.05, 0.1) is 6.16 Å². The van der Waals surface area contributed by atoms with Crippen LogP contribution in [0.1, 0.15) is 81.3 Å². The van der Waals surface area contributed by atoms with Gasteiger partial charge in [0, 0.05) is 17.5 Å². The van der Waals surface area contributed by atoms with Gasteiger partial charge in [0.2, 0.25) is 18.2 Å². The Labute approximate surface area is 192 Å². The molecule has 0 amide bonds. The third-order valence-electron chi connectivity index (χ3n) is 5.56. The van der Waals surface area contributed by atoms with E-state index in [1.807, 2.05) is 58.9 Å². The molecule has 0 spiro atoms. The quantitative estimate of drug-likeness (QED) is 0.427. The first-order valence-corrected chi connectivity index (χ1v) is 12.8. The van der Waals surface area contributed by atoms with E-state index >= 15 is 0 Å². The van der Waals surface area contributed by atoms with Crippen LogP contribution >= 0.6 is 7.14 Å². The number of rotatable bonds is 7. The van der Waals surface area contributed by atoms with Crippen LogP contribution in [0.5, 0.6) is 0 Å². The van der Waals surface area contributed by atoms with E-state index < -0.39 is 24.4 Å². The van der Waals surface area contributed by atoms with Crippen LogP contribution in [0.25, 0.3) is 0 Å². The smallest absolute Gasteiger partial charge is 0.229 e. The van der Waals surface area contributed by atoms with Crippen molar-refractivity contribution in [1.82, 2.24) is 0 Å². The molecule has 172 valence electrons. The highest BCUT2D eigenvalue weighted by molar-refractivity contribution is 7.96. The molecule has 0 aliphatic carbocycles. The van der Waals surface area contributed by atoms with Crippen molar-refractivity contribution in [3.63, 3.8) is 0 Å². The van der Waals surface area contributed by atoms with Gasteiger partial charge in [-0.3, -0.25) is 14.4 Å². The molecular weight excluding hydrogens is 419 g/mol. The topological polar surface area (TPSA) is 68.3 Å². The number of ketones is 1. The molecule has 0 saturated heterocycles. The third-order valence-corrected chi connectivity index (χ3v) is 8.12. The molecule has 2 rings (SSSR count). The maximum absolute atomic E-state index is 14.4. The Morgan fingerprint density at radius 2 is 1.00 bits per heavy atom. The first-order valence-electron chi connectivity index (χ1n) is 10.9. The summed E-state index contributed by atoms with van der Waals surface area (Å²) in [5.74, 6) is -0.327. The number of aryl methyl sites for hydroxylation is 6. The molecule has 0 aromatic heterocycles. The minimum atomic E-state index is -4.25. The molecule has 0 radical (unpaired) electrons. The van der Waals surface area contributed by atoms with Crippen molar-refractivity contribution < 1.29 is 18.9 Å². The van der Waals surface area contributed by atoms with Gasteiger partial charge in [0.25, 0.3) is 0 Å². The molecule has 0 unspecified atom stereocenters. The Kier molecular flexibility index (Phi) is 7.52. The summed E-state index contributed by atoms with van der Waals surface area (Å²) in [6.07, 6.45) is -0.392. The standard InChI is InChI=1S/C27H35O4P/c1-16-10-18(3)23(19(4)11-16)25(29)32(31,15-22(28)14-27(7,8)9)26(30)24-20(5)12-17(2)13-21(24)6/h10-13H,14-15H2,1-9H3. The fraction of sp³-hybridized carbons (Fsp3) is 0.444. The fourth-order valence-corrected chi connectivity index (χ4v) is 7.04. The second-order valence-electron chi connectivity index (χ2n) is 10.3. The molecule has 0 fully saturated rings. The van der Waals surface area contributed by atoms with E-state index in [2.05, 4.69) is 0 Å². The van der Waals surface area contributed by atoms with Crippen LogP contribution in [0.4, 0.5) is 0 Å². The van der Waals surface area contributed by atoms with Crippen molar-refractivity contribution >= 4 is 24.0 Å². The van der Waals surface area contributed by atoms with Crippen molar-refractivity contribution in [3.05, 3.63) is 68.8 Å². The highest BCUT2D eigenvalue weighted by Crippen LogP contribution is 2.54. The predicted molar refractivity (Wildman–Crippen MR) is 132 cm³/mol. The lowest BCUT2D eigenvalue weighted by molar-refractivity contribution is -0.118. The summed E-state index contributed by atoms with van der Waals surface area (Å²) in [6, 6.07) is 7.37. The number of Topliss-reactive ketones (excluding diaryl/α,β-unsaturated/α-hetero) is 1. The molecule has 0 aliphatic rings. The zero-order chi connectivity index (χ0) is 24.6. The molecule has 0 bridgehead atoms. The van der Waals surface area contributed by atoms with E-state index in [0.717, 1.165) is 11.1 Å². The molecular formula is C27H35O4P. The number of hydrogen-bond donors (Lipinski definition) is 0. The summed E-state index contributed by atoms with van der Waals surface area (Å²) in [7, 11) is -4.25. The maximum atomic E-state index is 14.4. The summed E-state index contributed by atoms with van der Waals surface area (Å²) in [5.41, 5.74) is 3.46. The van der Waals surface area contributed by atoms with E-state index in [1.54, 1.807) is 27.7 Å². The minimum absolute atomic E-state index is 0.148. The van der Waals surface area contributed by atoms with Gasteiger partial charge in [-0.2, -0.15) is 0 Å². The predicted octanol–water partition coefficient (Wildman–Crippen LogP) is 6.89. The van der Waals surface area contributed by atoms with Crippen LogP contribution in [-0.4, -0.2) is 23.0 Å². The number of carbonyl (C=O) groups is 3. The van der Waals surface area contributed by atoms with Gasteiger partial charge >= 0.3 is 0 Å². The van der Waals surface area contributed by atoms with Crippen LogP contribution in [0.2, 0.25) is 0 Å². The lowest BCUT2D eigenvalue weighted by atomic mass is 9.90. The van der Waals surface area contributed by atoms with Gasteiger partial charge in [-0.05, 0) is 69.2 Å². The third kappa shape index (κ3) is 5.53. The lowest BCUT2D eigenvalue weighted by Gasteiger charge is -2.22. The van der Waals surface area contributed by atoms with Crippen LogP contribution in [0, 0.1) is 47.0 Å². The Hall–Kier alpha value is -2.32. The molecule has 4 nitrogen and oxygen atoms in total. The normalized spacial score (nSPS) is 12.0. The van der Waals surface area contributed by atoms with Gasteiger partial charge in [-0.25, -0.2) is 0 Å². The Balaban J connectivity index is 2.71. The SMILES string of the molecule is Cc1cc(C)c(C(=O)P(=O)(CC(=O)CC(C)(C)C)C(=O)c2c(C)cc(C)cc2C)c(C)c1. The Bertz CT molecular complexity index is 1030. The highest BCUT2D eigenvalue weighted by atomic mass is 31.2. The van der Waals surface area contributed by atoms with E-state index in [0.29, 0.717) is 33.4 Å². The van der Waals surface area contributed by atoms with Gasteiger partial charge in [0.1, 0.15) is 5.78 Å². The summed E-state index contributed by atoms with van der Waals surface area (Å²) < 4.78 is 14.4.